The number of rotatable bonds is 10. The fourth-order valence-corrected chi connectivity index (χ4v) is 10.9. The molecule has 2 heterocycles. The van der Waals surface area contributed by atoms with Gasteiger partial charge in [0.15, 0.2) is 11.6 Å². The van der Waals surface area contributed by atoms with E-state index in [1.54, 1.807) is 0 Å². The predicted molar refractivity (Wildman–Crippen MR) is 343 cm³/mol. The molecule has 0 unspecified atom stereocenters. The lowest BCUT2D eigenvalue weighted by Gasteiger charge is -2.14. The summed E-state index contributed by atoms with van der Waals surface area (Å²) in [7, 11) is 0. The summed E-state index contributed by atoms with van der Waals surface area (Å²) in [4.78, 5) is 19.9. The Morgan fingerprint density at radius 3 is 0.821 bits per heavy atom. The van der Waals surface area contributed by atoms with Gasteiger partial charge in [-0.25, -0.2) is 19.9 Å². The minimum absolute atomic E-state index is 0.659. The predicted octanol–water partition coefficient (Wildman–Crippen LogP) is 19.7. The molecular weight excluding hydrogens is 1020 g/mol. The first-order valence-corrected chi connectivity index (χ1v) is 27.8. The monoisotopic (exact) mass is 1070 g/mol. The zero-order valence-corrected chi connectivity index (χ0v) is 45.6. The summed E-state index contributed by atoms with van der Waals surface area (Å²) in [6, 6.07) is 108. The van der Waals surface area contributed by atoms with Gasteiger partial charge in [0.2, 0.25) is 0 Å². The average molecular weight is 1070 g/mol. The molecule has 0 saturated heterocycles. The van der Waals surface area contributed by atoms with Gasteiger partial charge in [-0.3, -0.25) is 0 Å². The highest BCUT2D eigenvalue weighted by Crippen LogP contribution is 2.40. The maximum absolute atomic E-state index is 9.23. The van der Waals surface area contributed by atoms with Gasteiger partial charge in [0.1, 0.15) is 0 Å². The topological polar surface area (TPSA) is 99.1 Å². The molecule has 12 aromatic carbocycles. The second-order valence-electron chi connectivity index (χ2n) is 20.3. The second-order valence-corrected chi connectivity index (χ2v) is 20.3. The van der Waals surface area contributed by atoms with Crippen molar-refractivity contribution in [2.45, 2.75) is 0 Å². The van der Waals surface area contributed by atoms with Crippen molar-refractivity contribution in [3.63, 3.8) is 0 Å². The average Bonchev–Trinajstić information content (AvgIpc) is 3.76. The number of nitriles is 2. The van der Waals surface area contributed by atoms with Crippen molar-refractivity contribution in [2.75, 3.05) is 0 Å². The first kappa shape index (κ1) is 51.7. The van der Waals surface area contributed by atoms with Crippen LogP contribution >= 0.6 is 0 Å². The lowest BCUT2D eigenvalue weighted by Crippen LogP contribution is -1.96. The summed E-state index contributed by atoms with van der Waals surface area (Å²) < 4.78 is 0. The molecule has 0 saturated carbocycles. The van der Waals surface area contributed by atoms with Gasteiger partial charge in [0, 0.05) is 33.4 Å². The fraction of sp³-hybridized carbons (Fsp3) is 0. The van der Waals surface area contributed by atoms with Crippen molar-refractivity contribution < 1.29 is 0 Å². The summed E-state index contributed by atoms with van der Waals surface area (Å²) in [5.74, 6) is 1.41. The summed E-state index contributed by atoms with van der Waals surface area (Å²) in [6.07, 6.45) is 0. The number of aromatic nitrogens is 4. The molecule has 0 aliphatic heterocycles. The first-order chi connectivity index (χ1) is 41.5. The van der Waals surface area contributed by atoms with Gasteiger partial charge in [0.25, 0.3) is 0 Å². The van der Waals surface area contributed by atoms with Crippen LogP contribution in [0.15, 0.2) is 303 Å². The Morgan fingerprint density at radius 1 is 0.202 bits per heavy atom. The minimum Gasteiger partial charge on any atom is -0.228 e. The van der Waals surface area contributed by atoms with Crippen LogP contribution in [0.4, 0.5) is 0 Å². The molecule has 6 nitrogen and oxygen atoms in total. The molecule has 0 fully saturated rings. The maximum atomic E-state index is 9.23. The molecule has 0 bridgehead atoms. The fourth-order valence-electron chi connectivity index (χ4n) is 10.9. The number of benzene rings is 12. The van der Waals surface area contributed by atoms with Crippen LogP contribution in [-0.2, 0) is 0 Å². The van der Waals surface area contributed by atoms with Gasteiger partial charge < -0.3 is 0 Å². The molecule has 14 rings (SSSR count). The van der Waals surface area contributed by atoms with Crippen molar-refractivity contribution in [1.82, 2.24) is 19.9 Å². The van der Waals surface area contributed by atoms with Crippen molar-refractivity contribution >= 4 is 21.5 Å². The van der Waals surface area contributed by atoms with Crippen LogP contribution < -0.4 is 0 Å². The van der Waals surface area contributed by atoms with Crippen molar-refractivity contribution in [2.24, 2.45) is 0 Å². The molecular formula is C78H50N6. The highest BCUT2D eigenvalue weighted by molar-refractivity contribution is 6.06. The van der Waals surface area contributed by atoms with E-state index in [1.165, 1.54) is 27.1 Å². The quantitative estimate of drug-likeness (QED) is 0.135. The summed E-state index contributed by atoms with van der Waals surface area (Å²) in [5.41, 5.74) is 20.1. The van der Waals surface area contributed by atoms with E-state index in [0.717, 1.165) is 95.1 Å². The van der Waals surface area contributed by atoms with Crippen LogP contribution in [0, 0.1) is 22.7 Å². The lowest BCUT2D eigenvalue weighted by molar-refractivity contribution is 1.18. The maximum Gasteiger partial charge on any atom is 0.160 e. The number of hydrogen-bond donors (Lipinski definition) is 0. The van der Waals surface area contributed by atoms with E-state index in [0.29, 0.717) is 22.8 Å². The van der Waals surface area contributed by atoms with Crippen molar-refractivity contribution in [3.05, 3.63) is 314 Å². The normalized spacial score (nSPS) is 10.8. The molecule has 0 aliphatic rings. The molecule has 392 valence electrons. The minimum atomic E-state index is 0.659. The van der Waals surface area contributed by atoms with E-state index >= 15 is 0 Å². The van der Waals surface area contributed by atoms with Gasteiger partial charge in [0.05, 0.1) is 46.0 Å². The summed E-state index contributed by atoms with van der Waals surface area (Å²) >= 11 is 0. The largest absolute Gasteiger partial charge is 0.228 e. The zero-order valence-electron chi connectivity index (χ0n) is 45.6. The standard InChI is InChI=1S/2C39H25N3/c40-26-27-18-20-28(21-19-27)33-22-23-34(36-17-8-7-16-35(33)36)31-14-9-15-32(24-31)38-25-37(29-10-3-1-4-11-29)41-39(42-38)30-12-5-2-6-13-30;40-26-27-15-17-28(18-16-27)33-23-24-34(36-14-8-7-13-35(33)36)29-19-21-31(22-20-29)38-25-37(30-9-3-1-4-10-30)41-39(42-38)32-11-5-2-6-12-32/h2*1-25H. The van der Waals surface area contributed by atoms with E-state index in [-0.39, 0.29) is 0 Å². The molecule has 0 aliphatic carbocycles. The van der Waals surface area contributed by atoms with E-state index in [4.69, 9.17) is 19.9 Å². The second kappa shape index (κ2) is 23.6. The van der Waals surface area contributed by atoms with Gasteiger partial charge in [-0.1, -0.05) is 261 Å². The highest BCUT2D eigenvalue weighted by Gasteiger charge is 2.16. The van der Waals surface area contributed by atoms with Crippen LogP contribution in [0.1, 0.15) is 11.1 Å². The molecule has 0 radical (unpaired) electrons. The van der Waals surface area contributed by atoms with Crippen LogP contribution in [0.2, 0.25) is 0 Å². The zero-order chi connectivity index (χ0) is 56.6. The number of fused-ring (bicyclic) bond motifs is 2. The molecule has 0 N–H and O–H groups in total. The lowest BCUT2D eigenvalue weighted by atomic mass is 9.91. The van der Waals surface area contributed by atoms with Crippen LogP contribution in [-0.4, -0.2) is 19.9 Å². The molecule has 0 amide bonds. The first-order valence-electron chi connectivity index (χ1n) is 27.8. The molecule has 0 spiro atoms. The Labute approximate surface area is 488 Å². The number of hydrogen-bond acceptors (Lipinski definition) is 6. The van der Waals surface area contributed by atoms with Crippen LogP contribution in [0.25, 0.3) is 134 Å². The Balaban J connectivity index is 0.000000157. The van der Waals surface area contributed by atoms with E-state index in [1.807, 2.05) is 146 Å². The van der Waals surface area contributed by atoms with Crippen LogP contribution in [0.5, 0.6) is 0 Å². The van der Waals surface area contributed by atoms with Gasteiger partial charge in [-0.05, 0) is 109 Å². The molecule has 6 heteroatoms. The molecule has 84 heavy (non-hydrogen) atoms. The van der Waals surface area contributed by atoms with E-state index < -0.39 is 0 Å². The molecule has 0 atom stereocenters. The third kappa shape index (κ3) is 10.9. The third-order valence-corrected chi connectivity index (χ3v) is 15.1. The van der Waals surface area contributed by atoms with Crippen molar-refractivity contribution in [3.8, 4) is 124 Å². The van der Waals surface area contributed by atoms with Gasteiger partial charge in [-0.2, -0.15) is 10.5 Å². The molecule has 2 aromatic heterocycles. The number of nitrogens with zero attached hydrogens (tertiary/aromatic N) is 6. The van der Waals surface area contributed by atoms with Crippen molar-refractivity contribution in [1.29, 1.82) is 10.5 Å². The van der Waals surface area contributed by atoms with E-state index in [9.17, 15) is 10.5 Å². The van der Waals surface area contributed by atoms with E-state index in [2.05, 4.69) is 170 Å². The van der Waals surface area contributed by atoms with Gasteiger partial charge in [-0.15, -0.1) is 0 Å². The summed E-state index contributed by atoms with van der Waals surface area (Å²) in [5, 5.41) is 23.1. The Morgan fingerprint density at radius 2 is 0.464 bits per heavy atom. The summed E-state index contributed by atoms with van der Waals surface area (Å²) in [6.45, 7) is 0. The third-order valence-electron chi connectivity index (χ3n) is 15.1. The Bertz CT molecular complexity index is 4630. The van der Waals surface area contributed by atoms with Gasteiger partial charge >= 0.3 is 0 Å². The Hall–Kier alpha value is -11.7. The smallest absolute Gasteiger partial charge is 0.160 e. The highest BCUT2D eigenvalue weighted by atomic mass is 14.9. The molecule has 14 aromatic rings. The Kier molecular flexibility index (Phi) is 14.5. The SMILES string of the molecule is N#Cc1ccc(-c2ccc(-c3ccc(-c4cc(-c5ccccc5)nc(-c5ccccc5)n4)cc3)c3ccccc23)cc1.N#Cc1ccc(-c2ccc(-c3cccc(-c4cc(-c5ccccc5)nc(-c5ccccc5)n4)c3)c3ccccc23)cc1. The van der Waals surface area contributed by atoms with Crippen LogP contribution in [0.3, 0.4) is 0 Å².